The van der Waals surface area contributed by atoms with Crippen molar-refractivity contribution in [1.29, 1.82) is 0 Å². The molecule has 90 valence electrons. The first-order chi connectivity index (χ1) is 8.82. The predicted octanol–water partition coefficient (Wildman–Crippen LogP) is 2.57. The first kappa shape index (κ1) is 10.1. The molecule has 0 saturated carbocycles. The fraction of sp³-hybridized carbons (Fsp3) is 0.267. The summed E-state index contributed by atoms with van der Waals surface area (Å²) in [4.78, 5) is 21.9. The van der Waals surface area contributed by atoms with Crippen LogP contribution in [0.1, 0.15) is 24.0 Å². The highest BCUT2D eigenvalue weighted by Crippen LogP contribution is 2.51. The second kappa shape index (κ2) is 3.33. The van der Waals surface area contributed by atoms with E-state index in [4.69, 9.17) is 4.89 Å². The van der Waals surface area contributed by atoms with E-state index in [2.05, 4.69) is 23.1 Å². The zero-order valence-electron chi connectivity index (χ0n) is 9.81. The van der Waals surface area contributed by atoms with Gasteiger partial charge in [0.1, 0.15) is 0 Å². The van der Waals surface area contributed by atoms with Gasteiger partial charge in [-0.25, -0.2) is 4.79 Å². The van der Waals surface area contributed by atoms with E-state index in [1.54, 1.807) is 0 Å². The summed E-state index contributed by atoms with van der Waals surface area (Å²) in [5, 5.41) is 0. The Hall–Kier alpha value is -1.87. The number of carbonyl (C=O) groups excluding carboxylic acids is 1. The smallest absolute Gasteiger partial charge is 0.292 e. The van der Waals surface area contributed by atoms with Gasteiger partial charge >= 0.3 is 5.97 Å². The van der Waals surface area contributed by atoms with Gasteiger partial charge in [-0.1, -0.05) is 36.4 Å². The number of allylic oxidation sites excluding steroid dienone is 2. The summed E-state index contributed by atoms with van der Waals surface area (Å²) in [7, 11) is 0. The molecule has 0 amide bonds. The Morgan fingerprint density at radius 3 is 2.72 bits per heavy atom. The van der Waals surface area contributed by atoms with Crippen LogP contribution in [0.2, 0.25) is 0 Å². The average molecular weight is 240 g/mol. The van der Waals surface area contributed by atoms with Crippen LogP contribution in [0.25, 0.3) is 0 Å². The highest BCUT2D eigenvalue weighted by Gasteiger charge is 2.60. The van der Waals surface area contributed by atoms with Crippen LogP contribution in [0.4, 0.5) is 0 Å². The van der Waals surface area contributed by atoms with Gasteiger partial charge in [-0.05, 0) is 30.4 Å². The van der Waals surface area contributed by atoms with Crippen LogP contribution >= 0.6 is 0 Å². The third-order valence-corrected chi connectivity index (χ3v) is 3.94. The summed E-state index contributed by atoms with van der Waals surface area (Å²) >= 11 is 0. The molecule has 0 N–H and O–H groups in total. The monoisotopic (exact) mass is 240 g/mol. The second-order valence-corrected chi connectivity index (χ2v) is 4.89. The molecule has 3 heteroatoms. The number of fused-ring (bicyclic) bond motifs is 4. The fourth-order valence-corrected chi connectivity index (χ4v) is 3.10. The fourth-order valence-electron chi connectivity index (χ4n) is 3.10. The summed E-state index contributed by atoms with van der Waals surface area (Å²) in [6.45, 7) is 0. The van der Waals surface area contributed by atoms with Gasteiger partial charge < -0.3 is 0 Å². The van der Waals surface area contributed by atoms with E-state index in [0.717, 1.165) is 36.0 Å². The van der Waals surface area contributed by atoms with Crippen molar-refractivity contribution in [2.45, 2.75) is 24.9 Å². The number of rotatable bonds is 0. The quantitative estimate of drug-likeness (QED) is 0.654. The molecule has 0 radical (unpaired) electrons. The number of benzene rings is 1. The lowest BCUT2D eigenvalue weighted by atomic mass is 9.70. The van der Waals surface area contributed by atoms with Gasteiger partial charge in [0.15, 0.2) is 0 Å². The maximum Gasteiger partial charge on any atom is 0.387 e. The molecule has 1 spiro atoms. The lowest BCUT2D eigenvalue weighted by molar-refractivity contribution is -0.396. The van der Waals surface area contributed by atoms with Crippen molar-refractivity contribution < 1.29 is 14.6 Å². The lowest BCUT2D eigenvalue weighted by Crippen LogP contribution is -2.54. The van der Waals surface area contributed by atoms with Gasteiger partial charge in [0.2, 0.25) is 0 Å². The van der Waals surface area contributed by atoms with Crippen molar-refractivity contribution in [2.75, 3.05) is 0 Å². The first-order valence-electron chi connectivity index (χ1n) is 6.21. The molecule has 1 aliphatic heterocycles. The van der Waals surface area contributed by atoms with E-state index in [-0.39, 0.29) is 5.97 Å². The molecular formula is C15H12O3. The van der Waals surface area contributed by atoms with Crippen LogP contribution in [0, 0.1) is 0 Å². The number of hydrogen-bond acceptors (Lipinski definition) is 3. The Bertz CT molecular complexity index is 612. The number of carbonyl (C=O) groups is 1. The molecule has 0 aromatic heterocycles. The van der Waals surface area contributed by atoms with Crippen molar-refractivity contribution in [3.8, 4) is 0 Å². The van der Waals surface area contributed by atoms with Gasteiger partial charge in [0, 0.05) is 11.1 Å². The van der Waals surface area contributed by atoms with Crippen LogP contribution < -0.4 is 0 Å². The molecule has 0 bridgehead atoms. The second-order valence-electron chi connectivity index (χ2n) is 4.89. The molecule has 1 aromatic carbocycles. The van der Waals surface area contributed by atoms with Crippen molar-refractivity contribution in [1.82, 2.24) is 0 Å². The summed E-state index contributed by atoms with van der Waals surface area (Å²) < 4.78 is 0. The number of hydrogen-bond donors (Lipinski definition) is 0. The molecular weight excluding hydrogens is 228 g/mol. The van der Waals surface area contributed by atoms with E-state index in [9.17, 15) is 4.79 Å². The standard InChI is InChI=1S/C15H12O3/c16-14-15(18-17-14)12-7-3-1-5-10(12)9-11-6-2-4-8-13(11)15/h1,3,5-8H,2,4,9H2. The molecule has 1 fully saturated rings. The van der Waals surface area contributed by atoms with E-state index >= 15 is 0 Å². The van der Waals surface area contributed by atoms with Crippen molar-refractivity contribution in [3.63, 3.8) is 0 Å². The van der Waals surface area contributed by atoms with Gasteiger partial charge in [0.25, 0.3) is 5.60 Å². The summed E-state index contributed by atoms with van der Waals surface area (Å²) in [5.41, 5.74) is 3.30. The van der Waals surface area contributed by atoms with Crippen molar-refractivity contribution in [2.24, 2.45) is 0 Å². The molecule has 3 nitrogen and oxygen atoms in total. The van der Waals surface area contributed by atoms with E-state index in [0.29, 0.717) is 0 Å². The highest BCUT2D eigenvalue weighted by atomic mass is 17.3. The molecule has 18 heavy (non-hydrogen) atoms. The third-order valence-electron chi connectivity index (χ3n) is 3.94. The van der Waals surface area contributed by atoms with E-state index in [1.165, 1.54) is 5.57 Å². The zero-order chi connectivity index (χ0) is 12.2. The van der Waals surface area contributed by atoms with Crippen LogP contribution in [-0.2, 0) is 26.6 Å². The molecule has 1 unspecified atom stereocenters. The summed E-state index contributed by atoms with van der Waals surface area (Å²) in [6.07, 6.45) is 7.19. The SMILES string of the molecule is O=C1OOC12C1=CCCC=C1Cc1ccccc12. The molecule has 1 atom stereocenters. The molecule has 2 aliphatic carbocycles. The molecule has 4 rings (SSSR count). The largest absolute Gasteiger partial charge is 0.387 e. The normalized spacial score (nSPS) is 28.6. The Kier molecular flexibility index (Phi) is 1.87. The van der Waals surface area contributed by atoms with Gasteiger partial charge in [-0.3, -0.25) is 4.89 Å². The third kappa shape index (κ3) is 1.05. The van der Waals surface area contributed by atoms with Gasteiger partial charge in [0.05, 0.1) is 0 Å². The van der Waals surface area contributed by atoms with Gasteiger partial charge in [-0.15, -0.1) is 0 Å². The minimum Gasteiger partial charge on any atom is -0.292 e. The lowest BCUT2D eigenvalue weighted by Gasteiger charge is -2.44. The van der Waals surface area contributed by atoms with E-state index < -0.39 is 5.60 Å². The van der Waals surface area contributed by atoms with Crippen LogP contribution in [0.3, 0.4) is 0 Å². The Labute approximate surface area is 105 Å². The maximum atomic E-state index is 12.0. The van der Waals surface area contributed by atoms with Crippen molar-refractivity contribution in [3.05, 3.63) is 58.7 Å². The minimum absolute atomic E-state index is 0.298. The highest BCUT2D eigenvalue weighted by molar-refractivity contribution is 5.91. The summed E-state index contributed by atoms with van der Waals surface area (Å²) in [5.74, 6) is -0.298. The summed E-state index contributed by atoms with van der Waals surface area (Å²) in [6, 6.07) is 7.95. The van der Waals surface area contributed by atoms with Crippen LogP contribution in [0.5, 0.6) is 0 Å². The molecule has 3 aliphatic rings. The average Bonchev–Trinajstić information content (AvgIpc) is 2.43. The Balaban J connectivity index is 2.01. The Morgan fingerprint density at radius 1 is 1.11 bits per heavy atom. The first-order valence-corrected chi connectivity index (χ1v) is 6.21. The van der Waals surface area contributed by atoms with Crippen molar-refractivity contribution >= 4 is 5.97 Å². The van der Waals surface area contributed by atoms with Crippen LogP contribution in [0.15, 0.2) is 47.6 Å². The predicted molar refractivity (Wildman–Crippen MR) is 64.4 cm³/mol. The molecule has 1 aromatic rings. The Morgan fingerprint density at radius 2 is 1.94 bits per heavy atom. The maximum absolute atomic E-state index is 12.0. The minimum atomic E-state index is -0.985. The molecule has 1 heterocycles. The zero-order valence-corrected chi connectivity index (χ0v) is 9.81. The van der Waals surface area contributed by atoms with E-state index in [1.807, 2.05) is 18.2 Å². The topological polar surface area (TPSA) is 35.5 Å². The van der Waals surface area contributed by atoms with Gasteiger partial charge in [-0.2, -0.15) is 4.89 Å². The molecule has 1 saturated heterocycles. The van der Waals surface area contributed by atoms with Crippen LogP contribution in [-0.4, -0.2) is 5.97 Å².